The van der Waals surface area contributed by atoms with E-state index in [0.29, 0.717) is 12.5 Å². The Balaban J connectivity index is 1.75. The van der Waals surface area contributed by atoms with E-state index in [0.717, 1.165) is 18.8 Å². The van der Waals surface area contributed by atoms with Crippen LogP contribution in [0.3, 0.4) is 0 Å². The molecule has 0 unspecified atom stereocenters. The predicted octanol–water partition coefficient (Wildman–Crippen LogP) is 3.05. The van der Waals surface area contributed by atoms with Crippen molar-refractivity contribution >= 4 is 0 Å². The number of hydrogen-bond acceptors (Lipinski definition) is 3. The first-order valence-electron chi connectivity index (χ1n) is 7.44. The van der Waals surface area contributed by atoms with E-state index < -0.39 is 0 Å². The monoisotopic (exact) mass is 287 g/mol. The lowest BCUT2D eigenvalue weighted by molar-refractivity contribution is 0.229. The molecule has 0 aliphatic carbocycles. The molecule has 0 radical (unpaired) electrons. The molecule has 1 aromatic carbocycles. The second-order valence-corrected chi connectivity index (χ2v) is 5.76. The fourth-order valence-electron chi connectivity index (χ4n) is 2.18. The van der Waals surface area contributed by atoms with Gasteiger partial charge in [-0.1, -0.05) is 26.0 Å². The van der Waals surface area contributed by atoms with Crippen LogP contribution in [0, 0.1) is 0 Å². The van der Waals surface area contributed by atoms with E-state index in [-0.39, 0.29) is 0 Å². The number of aromatic nitrogens is 2. The zero-order chi connectivity index (χ0) is 15.2. The molecule has 0 saturated carbocycles. The Morgan fingerprint density at radius 2 is 1.90 bits per heavy atom. The van der Waals surface area contributed by atoms with Gasteiger partial charge in [0.05, 0.1) is 5.69 Å². The molecule has 0 aliphatic heterocycles. The Kier molecular flexibility index (Phi) is 5.39. The summed E-state index contributed by atoms with van der Waals surface area (Å²) >= 11 is 0. The van der Waals surface area contributed by atoms with Crippen LogP contribution >= 0.6 is 0 Å². The first-order valence-corrected chi connectivity index (χ1v) is 7.44. The lowest BCUT2D eigenvalue weighted by Gasteiger charge is -2.17. The van der Waals surface area contributed by atoms with Gasteiger partial charge in [0.25, 0.3) is 0 Å². The summed E-state index contributed by atoms with van der Waals surface area (Å²) in [5.41, 5.74) is 2.55. The Hall–Kier alpha value is -1.81. The third-order valence-corrected chi connectivity index (χ3v) is 3.64. The minimum absolute atomic E-state index is 0.559. The van der Waals surface area contributed by atoms with Gasteiger partial charge in [-0.3, -0.25) is 9.58 Å². The molecule has 2 rings (SSSR count). The molecule has 0 bridgehead atoms. The minimum atomic E-state index is 0.559. The van der Waals surface area contributed by atoms with Crippen LogP contribution in [-0.2, 0) is 13.6 Å². The first-order chi connectivity index (χ1) is 10.1. The van der Waals surface area contributed by atoms with Crippen LogP contribution in [-0.4, -0.2) is 34.9 Å². The van der Waals surface area contributed by atoms with Crippen LogP contribution in [0.5, 0.6) is 5.75 Å². The topological polar surface area (TPSA) is 30.3 Å². The molecule has 0 amide bonds. The third kappa shape index (κ3) is 4.60. The van der Waals surface area contributed by atoms with Gasteiger partial charge < -0.3 is 4.74 Å². The van der Waals surface area contributed by atoms with Gasteiger partial charge in [0.2, 0.25) is 0 Å². The van der Waals surface area contributed by atoms with Crippen molar-refractivity contribution in [2.45, 2.75) is 26.3 Å². The molecule has 0 N–H and O–H groups in total. The minimum Gasteiger partial charge on any atom is -0.492 e. The highest BCUT2D eigenvalue weighted by Gasteiger charge is 2.04. The van der Waals surface area contributed by atoms with Gasteiger partial charge in [-0.25, -0.2) is 0 Å². The van der Waals surface area contributed by atoms with Crippen LogP contribution in [0.4, 0.5) is 0 Å². The number of ether oxygens (including phenoxy) is 1. The van der Waals surface area contributed by atoms with Gasteiger partial charge in [0, 0.05) is 26.3 Å². The van der Waals surface area contributed by atoms with Crippen molar-refractivity contribution in [2.75, 3.05) is 20.2 Å². The van der Waals surface area contributed by atoms with Gasteiger partial charge in [-0.2, -0.15) is 5.10 Å². The van der Waals surface area contributed by atoms with Crippen molar-refractivity contribution in [1.82, 2.24) is 14.7 Å². The molecule has 0 atom stereocenters. The average Bonchev–Trinajstić information content (AvgIpc) is 2.85. The number of hydrogen-bond donors (Lipinski definition) is 0. The number of benzene rings is 1. The zero-order valence-electron chi connectivity index (χ0n) is 13.4. The highest BCUT2D eigenvalue weighted by molar-refractivity contribution is 5.28. The fourth-order valence-corrected chi connectivity index (χ4v) is 2.18. The Bertz CT molecular complexity index is 545. The summed E-state index contributed by atoms with van der Waals surface area (Å²) in [6.45, 7) is 6.85. The molecular weight excluding hydrogens is 262 g/mol. The van der Waals surface area contributed by atoms with Gasteiger partial charge in [-0.05, 0) is 36.7 Å². The highest BCUT2D eigenvalue weighted by Crippen LogP contribution is 2.18. The molecule has 4 heteroatoms. The van der Waals surface area contributed by atoms with Crippen molar-refractivity contribution in [2.24, 2.45) is 7.05 Å². The quantitative estimate of drug-likeness (QED) is 0.784. The summed E-state index contributed by atoms with van der Waals surface area (Å²) in [6.07, 6.45) is 1.83. The van der Waals surface area contributed by atoms with Crippen molar-refractivity contribution in [3.63, 3.8) is 0 Å². The zero-order valence-corrected chi connectivity index (χ0v) is 13.4. The second kappa shape index (κ2) is 7.27. The highest BCUT2D eigenvalue weighted by atomic mass is 16.5. The Morgan fingerprint density at radius 1 is 1.19 bits per heavy atom. The standard InChI is InChI=1S/C17H25N3O/c1-14(2)15-5-7-17(8-6-15)21-12-11-19(3)13-16-9-10-18-20(16)4/h5-10,14H,11-13H2,1-4H3. The molecule has 4 nitrogen and oxygen atoms in total. The summed E-state index contributed by atoms with van der Waals surface area (Å²) in [5, 5.41) is 4.18. The van der Waals surface area contributed by atoms with E-state index in [1.807, 2.05) is 24.0 Å². The third-order valence-electron chi connectivity index (χ3n) is 3.64. The van der Waals surface area contributed by atoms with E-state index in [1.165, 1.54) is 11.3 Å². The summed E-state index contributed by atoms with van der Waals surface area (Å²) in [4.78, 5) is 2.24. The summed E-state index contributed by atoms with van der Waals surface area (Å²) in [6, 6.07) is 10.4. The van der Waals surface area contributed by atoms with Crippen LogP contribution in [0.25, 0.3) is 0 Å². The maximum Gasteiger partial charge on any atom is 0.119 e. The van der Waals surface area contributed by atoms with Crippen LogP contribution in [0.2, 0.25) is 0 Å². The molecule has 0 fully saturated rings. The molecule has 0 spiro atoms. The summed E-state index contributed by atoms with van der Waals surface area (Å²) in [5.74, 6) is 1.50. The molecule has 114 valence electrons. The molecule has 1 aromatic heterocycles. The van der Waals surface area contributed by atoms with E-state index in [1.54, 1.807) is 0 Å². The number of likely N-dealkylation sites (N-methyl/N-ethyl adjacent to an activating group) is 1. The number of nitrogens with zero attached hydrogens (tertiary/aromatic N) is 3. The van der Waals surface area contributed by atoms with Gasteiger partial charge >= 0.3 is 0 Å². The largest absolute Gasteiger partial charge is 0.492 e. The van der Waals surface area contributed by atoms with Crippen molar-refractivity contribution in [3.05, 3.63) is 47.8 Å². The van der Waals surface area contributed by atoms with Crippen LogP contribution in [0.15, 0.2) is 36.5 Å². The van der Waals surface area contributed by atoms with Gasteiger partial charge in [0.15, 0.2) is 0 Å². The Labute approximate surface area is 127 Å². The van der Waals surface area contributed by atoms with Gasteiger partial charge in [0.1, 0.15) is 12.4 Å². The predicted molar refractivity (Wildman–Crippen MR) is 85.6 cm³/mol. The SMILES string of the molecule is CC(C)c1ccc(OCCN(C)Cc2ccnn2C)cc1. The molecular formula is C17H25N3O. The number of aryl methyl sites for hydroxylation is 1. The van der Waals surface area contributed by atoms with Crippen LogP contribution < -0.4 is 4.74 Å². The fraction of sp³-hybridized carbons (Fsp3) is 0.471. The molecule has 0 saturated heterocycles. The molecule has 2 aromatic rings. The lowest BCUT2D eigenvalue weighted by atomic mass is 10.0. The number of rotatable bonds is 7. The molecule has 1 heterocycles. The van der Waals surface area contributed by atoms with E-state index >= 15 is 0 Å². The van der Waals surface area contributed by atoms with E-state index in [9.17, 15) is 0 Å². The maximum absolute atomic E-state index is 5.80. The smallest absolute Gasteiger partial charge is 0.119 e. The van der Waals surface area contributed by atoms with Crippen LogP contribution in [0.1, 0.15) is 31.0 Å². The second-order valence-electron chi connectivity index (χ2n) is 5.76. The van der Waals surface area contributed by atoms with E-state index in [2.05, 4.69) is 55.2 Å². The molecule has 21 heavy (non-hydrogen) atoms. The van der Waals surface area contributed by atoms with Crippen molar-refractivity contribution in [3.8, 4) is 5.75 Å². The average molecular weight is 287 g/mol. The van der Waals surface area contributed by atoms with Gasteiger partial charge in [-0.15, -0.1) is 0 Å². The van der Waals surface area contributed by atoms with Crippen molar-refractivity contribution < 1.29 is 4.74 Å². The first kappa shape index (κ1) is 15.6. The summed E-state index contributed by atoms with van der Waals surface area (Å²) < 4.78 is 7.70. The van der Waals surface area contributed by atoms with Crippen molar-refractivity contribution in [1.29, 1.82) is 0 Å². The Morgan fingerprint density at radius 3 is 2.48 bits per heavy atom. The molecule has 0 aliphatic rings. The van der Waals surface area contributed by atoms with E-state index in [4.69, 9.17) is 4.74 Å². The normalized spacial score (nSPS) is 11.3. The maximum atomic E-state index is 5.80. The lowest BCUT2D eigenvalue weighted by Crippen LogP contribution is -2.25. The summed E-state index contributed by atoms with van der Waals surface area (Å²) in [7, 11) is 4.06.